The van der Waals surface area contributed by atoms with Gasteiger partial charge in [-0.2, -0.15) is 0 Å². The Morgan fingerprint density at radius 1 is 1.29 bits per heavy atom. The predicted molar refractivity (Wildman–Crippen MR) is 14.9 cm³/mol. The number of rotatable bonds is 0. The first-order chi connectivity index (χ1) is 2.00. The molecule has 0 aliphatic rings. The fourth-order valence-electron chi connectivity index (χ4n) is 0. The first-order valence-corrected chi connectivity index (χ1v) is 2.88. The van der Waals surface area contributed by atoms with E-state index >= 15 is 0 Å². The molecule has 0 unspecified atom stereocenters. The molecule has 0 aliphatic heterocycles. The minimum absolute atomic E-state index is 0. The van der Waals surface area contributed by atoms with Gasteiger partial charge in [-0.05, 0) is 0 Å². The summed E-state index contributed by atoms with van der Waals surface area (Å²) in [6, 6.07) is 0. The summed E-state index contributed by atoms with van der Waals surface area (Å²) < 4.78 is 31.9. The van der Waals surface area contributed by atoms with Gasteiger partial charge in [0.25, 0.3) is 0 Å². The summed E-state index contributed by atoms with van der Waals surface area (Å²) in [6.45, 7) is 0. The topological polar surface area (TPSA) is 74.6 Å². The molecule has 2 N–H and O–H groups in total. The second-order valence-electron chi connectivity index (χ2n) is 0.448. The van der Waals surface area contributed by atoms with Crippen molar-refractivity contribution in [3.8, 4) is 0 Å². The van der Waals surface area contributed by atoms with Crippen LogP contribution in [0.25, 0.3) is 0 Å². The quantitative estimate of drug-likeness (QED) is 0.373. The van der Waals surface area contributed by atoms with Crippen LogP contribution >= 0.6 is 0 Å². The van der Waals surface area contributed by atoms with Crippen LogP contribution in [0.3, 0.4) is 0 Å². The fourth-order valence-corrected chi connectivity index (χ4v) is 0. The zero-order valence-corrected chi connectivity index (χ0v) is 9.64. The first-order valence-electron chi connectivity index (χ1n) is 0.698. The van der Waals surface area contributed by atoms with E-state index in [1.54, 1.807) is 0 Å². The summed E-state index contributed by atoms with van der Waals surface area (Å²) in [5.74, 6) is 0. The molecule has 0 aromatic carbocycles. The summed E-state index contributed by atoms with van der Waals surface area (Å²) >= 11 is -5.25. The second kappa shape index (κ2) is 6.57. The van der Waals surface area contributed by atoms with Gasteiger partial charge in [-0.3, -0.25) is 0 Å². The van der Waals surface area contributed by atoms with Gasteiger partial charge >= 0.3 is 104 Å². The van der Waals surface area contributed by atoms with Crippen molar-refractivity contribution >= 4 is 23.1 Å². The Morgan fingerprint density at radius 2 is 1.29 bits per heavy atom. The molecule has 7 heteroatoms. The van der Waals surface area contributed by atoms with Crippen LogP contribution in [0.5, 0.6) is 0 Å². The van der Waals surface area contributed by atoms with Gasteiger partial charge in [0.15, 0.2) is 0 Å². The van der Waals surface area contributed by atoms with E-state index in [0.29, 0.717) is 0 Å². The van der Waals surface area contributed by atoms with Gasteiger partial charge < -0.3 is 4.28 Å². The Hall–Kier alpha value is 2.46. The van der Waals surface area contributed by atoms with Crippen LogP contribution in [-0.2, 0) is 21.2 Å². The van der Waals surface area contributed by atoms with Gasteiger partial charge in [0.2, 0.25) is 0 Å². The van der Waals surface area contributed by atoms with Crippen molar-refractivity contribution in [2.75, 3.05) is 0 Å². The van der Waals surface area contributed by atoms with E-state index in [1.165, 1.54) is 0 Å². The SMILES string of the molecule is [H-].[H-].[H-].[K+].[Mg+2].[O]=[Cr](=[O])([OH])[OH]. The molecule has 0 spiro atoms. The fraction of sp³-hybridized carbons (Fsp3) is 0. The van der Waals surface area contributed by atoms with Crippen molar-refractivity contribution in [1.82, 2.24) is 0 Å². The Morgan fingerprint density at radius 3 is 1.29 bits per heavy atom. The maximum absolute atomic E-state index is 8.82. The van der Waals surface area contributed by atoms with Crippen molar-refractivity contribution in [1.29, 1.82) is 0 Å². The molecular formula is H5CrKMgO4. The third-order valence-electron chi connectivity index (χ3n) is 0. The van der Waals surface area contributed by atoms with Gasteiger partial charge in [0.05, 0.1) is 0 Å². The van der Waals surface area contributed by atoms with Crippen LogP contribution in [0.1, 0.15) is 4.28 Å². The molecule has 0 amide bonds. The number of hydrogen-bond donors (Lipinski definition) is 2. The van der Waals surface area contributed by atoms with Gasteiger partial charge in [-0.15, -0.1) is 0 Å². The molecule has 0 aromatic heterocycles. The molecule has 0 fully saturated rings. The molecule has 0 saturated carbocycles. The zero-order chi connectivity index (χ0) is 4.50. The average Bonchev–Trinajstić information content (AvgIpc) is 0.722. The molecular weight excluding hydrogens is 179 g/mol. The van der Waals surface area contributed by atoms with Crippen LogP contribution in [0, 0.1) is 0 Å². The summed E-state index contributed by atoms with van der Waals surface area (Å²) in [7, 11) is 0. The average molecular weight is 184 g/mol. The van der Waals surface area contributed by atoms with Gasteiger partial charge in [-0.1, -0.05) is 0 Å². The second-order valence-corrected chi connectivity index (χ2v) is 1.85. The van der Waals surface area contributed by atoms with E-state index in [1.807, 2.05) is 0 Å². The van der Waals surface area contributed by atoms with E-state index in [4.69, 9.17) is 15.9 Å². The van der Waals surface area contributed by atoms with E-state index in [2.05, 4.69) is 0 Å². The maximum atomic E-state index is 8.82. The van der Waals surface area contributed by atoms with Crippen LogP contribution in [-0.4, -0.2) is 31.4 Å². The minimum atomic E-state index is -5.25. The third kappa shape index (κ3) is 58.5. The molecule has 0 aromatic rings. The summed E-state index contributed by atoms with van der Waals surface area (Å²) in [5.41, 5.74) is 0. The van der Waals surface area contributed by atoms with Crippen LogP contribution in [0.4, 0.5) is 0 Å². The first kappa shape index (κ1) is 16.2. The normalized spacial score (nSPS) is 8.29. The molecule has 0 aliphatic carbocycles. The molecule has 0 saturated heterocycles. The Labute approximate surface area is 106 Å². The molecule has 0 atom stereocenters. The Kier molecular flexibility index (Phi) is 15.2. The molecule has 38 valence electrons. The van der Waals surface area contributed by atoms with Crippen molar-refractivity contribution in [3.63, 3.8) is 0 Å². The summed E-state index contributed by atoms with van der Waals surface area (Å²) in [5, 5.41) is 0. The van der Waals surface area contributed by atoms with Crippen LogP contribution in [0.2, 0.25) is 0 Å². The van der Waals surface area contributed by atoms with Gasteiger partial charge in [-0.25, -0.2) is 0 Å². The molecule has 7 heavy (non-hydrogen) atoms. The van der Waals surface area contributed by atoms with E-state index in [9.17, 15) is 0 Å². The monoisotopic (exact) mass is 184 g/mol. The summed E-state index contributed by atoms with van der Waals surface area (Å²) in [6.07, 6.45) is 0. The Balaban J connectivity index is -0.00000000800. The van der Waals surface area contributed by atoms with Crippen LogP contribution < -0.4 is 51.4 Å². The van der Waals surface area contributed by atoms with E-state index in [0.717, 1.165) is 0 Å². The number of hydrogen-bond acceptors (Lipinski definition) is 2. The van der Waals surface area contributed by atoms with Crippen molar-refractivity contribution < 1.29 is 85.2 Å². The van der Waals surface area contributed by atoms with E-state index < -0.39 is 13.6 Å². The molecule has 0 radical (unpaired) electrons. The van der Waals surface area contributed by atoms with Crippen LogP contribution in [0.15, 0.2) is 0 Å². The molecule has 0 rings (SSSR count). The van der Waals surface area contributed by atoms with Crippen molar-refractivity contribution in [2.45, 2.75) is 0 Å². The molecule has 0 heterocycles. The predicted octanol–water partition coefficient (Wildman–Crippen LogP) is -4.39. The third-order valence-corrected chi connectivity index (χ3v) is 0. The van der Waals surface area contributed by atoms with Crippen molar-refractivity contribution in [3.05, 3.63) is 0 Å². The summed E-state index contributed by atoms with van der Waals surface area (Å²) in [4.78, 5) is 0. The van der Waals surface area contributed by atoms with Gasteiger partial charge in [0, 0.05) is 0 Å². The molecule has 4 nitrogen and oxygen atoms in total. The standard InChI is InChI=1S/Cr.K.Mg.2H2O.2O.3H/h;;;2*1H2;;;;;/q+2;+1;+2;;;;;3*-1/p-2. The zero-order valence-electron chi connectivity index (χ0n) is 6.83. The molecule has 0 bridgehead atoms. The Bertz CT molecular complexity index is 104. The van der Waals surface area contributed by atoms with Crippen molar-refractivity contribution in [2.24, 2.45) is 0 Å². The van der Waals surface area contributed by atoms with Gasteiger partial charge in [0.1, 0.15) is 0 Å². The van der Waals surface area contributed by atoms with E-state index in [-0.39, 0.29) is 78.7 Å².